The molecule has 1 aliphatic rings. The zero-order valence-corrected chi connectivity index (χ0v) is 20.5. The number of carbonyl (C=O) groups is 1. The van der Waals surface area contributed by atoms with Crippen molar-refractivity contribution in [2.45, 2.75) is 38.5 Å². The molecule has 1 fully saturated rings. The molecule has 0 unspecified atom stereocenters. The molecule has 0 atom stereocenters. The second kappa shape index (κ2) is 10.5. The summed E-state index contributed by atoms with van der Waals surface area (Å²) < 4.78 is 35.4. The van der Waals surface area contributed by atoms with Crippen LogP contribution in [0.3, 0.4) is 0 Å². The minimum absolute atomic E-state index is 0.0162. The normalized spacial score (nSPS) is 18.6. The second-order valence-electron chi connectivity index (χ2n) is 8.98. The highest BCUT2D eigenvalue weighted by molar-refractivity contribution is 7.90. The summed E-state index contributed by atoms with van der Waals surface area (Å²) in [4.78, 5) is 21.1. The van der Waals surface area contributed by atoms with Crippen LogP contribution < -0.4 is 4.74 Å². The van der Waals surface area contributed by atoms with Gasteiger partial charge in [-0.3, -0.25) is 4.79 Å². The molecule has 3 aromatic rings. The highest BCUT2D eigenvalue weighted by Crippen LogP contribution is 2.32. The molecule has 4 rings (SSSR count). The molecule has 8 nitrogen and oxygen atoms in total. The average molecular weight is 486 g/mol. The minimum atomic E-state index is -2.99. The van der Waals surface area contributed by atoms with Gasteiger partial charge < -0.3 is 14.0 Å². The van der Waals surface area contributed by atoms with Gasteiger partial charge in [-0.1, -0.05) is 6.07 Å². The Labute approximate surface area is 200 Å². The SMILES string of the molecule is COC(=O)C1CCC(Cc2nccc(-n3ccc4c(OCCCS(C)(=O)=O)cccc43)n2)CC1. The van der Waals surface area contributed by atoms with Crippen LogP contribution in [0.25, 0.3) is 16.7 Å². The van der Waals surface area contributed by atoms with Crippen molar-refractivity contribution < 1.29 is 22.7 Å². The van der Waals surface area contributed by atoms with Crippen LogP contribution in [0.2, 0.25) is 0 Å². The standard InChI is InChI=1S/C25H31N3O5S/c1-32-25(29)19-9-7-18(8-10-19)17-23-26-13-11-24(27-23)28-14-12-20-21(28)5-3-6-22(20)33-15-4-16-34(2,30)31/h3,5-6,11-14,18-19H,4,7-10,15-17H2,1-2H3. The molecule has 0 spiro atoms. The fourth-order valence-electron chi connectivity index (χ4n) is 4.62. The Morgan fingerprint density at radius 3 is 2.68 bits per heavy atom. The molecule has 0 bridgehead atoms. The molecule has 0 saturated heterocycles. The largest absolute Gasteiger partial charge is 0.493 e. The molecule has 0 amide bonds. The highest BCUT2D eigenvalue weighted by atomic mass is 32.2. The number of esters is 1. The van der Waals surface area contributed by atoms with E-state index < -0.39 is 9.84 Å². The van der Waals surface area contributed by atoms with Crippen molar-refractivity contribution in [1.29, 1.82) is 0 Å². The number of ether oxygens (including phenoxy) is 2. The van der Waals surface area contributed by atoms with Crippen LogP contribution in [-0.2, 0) is 25.8 Å². The van der Waals surface area contributed by atoms with Gasteiger partial charge in [-0.15, -0.1) is 0 Å². The number of aromatic nitrogens is 3. The molecule has 2 heterocycles. The van der Waals surface area contributed by atoms with Gasteiger partial charge in [0.05, 0.1) is 30.9 Å². The third kappa shape index (κ3) is 5.94. The number of fused-ring (bicyclic) bond motifs is 1. The van der Waals surface area contributed by atoms with Crippen molar-refractivity contribution in [1.82, 2.24) is 14.5 Å². The van der Waals surface area contributed by atoms with Gasteiger partial charge in [0, 0.05) is 30.5 Å². The lowest BCUT2D eigenvalue weighted by Gasteiger charge is -2.26. The fraction of sp³-hybridized carbons (Fsp3) is 0.480. The first-order valence-electron chi connectivity index (χ1n) is 11.6. The molecule has 182 valence electrons. The Morgan fingerprint density at radius 2 is 1.94 bits per heavy atom. The van der Waals surface area contributed by atoms with Crippen molar-refractivity contribution in [3.63, 3.8) is 0 Å². The van der Waals surface area contributed by atoms with Crippen LogP contribution in [0.1, 0.15) is 37.9 Å². The number of carbonyl (C=O) groups excluding carboxylic acids is 1. The predicted octanol–water partition coefficient (Wildman–Crippen LogP) is 3.76. The topological polar surface area (TPSA) is 100 Å². The van der Waals surface area contributed by atoms with Gasteiger partial charge in [0.25, 0.3) is 0 Å². The fourth-order valence-corrected chi connectivity index (χ4v) is 5.26. The van der Waals surface area contributed by atoms with Gasteiger partial charge in [-0.05, 0) is 62.3 Å². The Hall–Kier alpha value is -2.94. The maximum absolute atomic E-state index is 11.8. The lowest BCUT2D eigenvalue weighted by atomic mass is 9.80. The number of nitrogens with zero attached hydrogens (tertiary/aromatic N) is 3. The van der Waals surface area contributed by atoms with E-state index in [1.807, 2.05) is 41.1 Å². The Balaban J connectivity index is 1.44. The molecule has 1 aromatic carbocycles. The molecule has 34 heavy (non-hydrogen) atoms. The quantitative estimate of drug-likeness (QED) is 0.336. The molecular formula is C25H31N3O5S. The van der Waals surface area contributed by atoms with E-state index >= 15 is 0 Å². The Morgan fingerprint density at radius 1 is 1.15 bits per heavy atom. The van der Waals surface area contributed by atoms with Crippen LogP contribution in [0, 0.1) is 11.8 Å². The summed E-state index contributed by atoms with van der Waals surface area (Å²) in [7, 11) is -1.54. The predicted molar refractivity (Wildman–Crippen MR) is 130 cm³/mol. The number of benzene rings is 1. The van der Waals surface area contributed by atoms with Gasteiger partial charge in [-0.2, -0.15) is 0 Å². The third-order valence-electron chi connectivity index (χ3n) is 6.40. The molecule has 0 radical (unpaired) electrons. The van der Waals surface area contributed by atoms with E-state index in [9.17, 15) is 13.2 Å². The second-order valence-corrected chi connectivity index (χ2v) is 11.2. The first kappa shape index (κ1) is 24.2. The average Bonchev–Trinajstić information content (AvgIpc) is 3.26. The molecule has 0 aliphatic heterocycles. The van der Waals surface area contributed by atoms with Crippen molar-refractivity contribution in [3.05, 3.63) is 48.5 Å². The van der Waals surface area contributed by atoms with E-state index in [1.165, 1.54) is 13.4 Å². The summed E-state index contributed by atoms with van der Waals surface area (Å²) in [6.45, 7) is 0.341. The van der Waals surface area contributed by atoms with Crippen molar-refractivity contribution in [2.24, 2.45) is 11.8 Å². The molecule has 1 aliphatic carbocycles. The van der Waals surface area contributed by atoms with Crippen LogP contribution in [0.5, 0.6) is 5.75 Å². The first-order chi connectivity index (χ1) is 16.3. The summed E-state index contributed by atoms with van der Waals surface area (Å²) in [6, 6.07) is 9.69. The lowest BCUT2D eigenvalue weighted by Crippen LogP contribution is -2.24. The van der Waals surface area contributed by atoms with Crippen LogP contribution >= 0.6 is 0 Å². The van der Waals surface area contributed by atoms with Crippen molar-refractivity contribution >= 4 is 26.7 Å². The summed E-state index contributed by atoms with van der Waals surface area (Å²) >= 11 is 0. The molecule has 0 N–H and O–H groups in total. The minimum Gasteiger partial charge on any atom is -0.493 e. The summed E-state index contributed by atoms with van der Waals surface area (Å²) in [5.41, 5.74) is 0.962. The van der Waals surface area contributed by atoms with E-state index in [0.29, 0.717) is 18.9 Å². The highest BCUT2D eigenvalue weighted by Gasteiger charge is 2.27. The first-order valence-corrected chi connectivity index (χ1v) is 13.7. The van der Waals surface area contributed by atoms with Gasteiger partial charge in [0.15, 0.2) is 0 Å². The van der Waals surface area contributed by atoms with Gasteiger partial charge >= 0.3 is 5.97 Å². The monoisotopic (exact) mass is 485 g/mol. The summed E-state index contributed by atoms with van der Waals surface area (Å²) in [5.74, 6) is 2.80. The van der Waals surface area contributed by atoms with Crippen LogP contribution in [0.4, 0.5) is 0 Å². The van der Waals surface area contributed by atoms with Crippen molar-refractivity contribution in [3.8, 4) is 11.6 Å². The number of hydrogen-bond donors (Lipinski definition) is 0. The molecular weight excluding hydrogens is 454 g/mol. The van der Waals surface area contributed by atoms with Crippen LogP contribution in [0.15, 0.2) is 42.7 Å². The molecule has 9 heteroatoms. The third-order valence-corrected chi connectivity index (χ3v) is 7.43. The lowest BCUT2D eigenvalue weighted by molar-refractivity contribution is -0.146. The number of hydrogen-bond acceptors (Lipinski definition) is 7. The number of rotatable bonds is 9. The maximum Gasteiger partial charge on any atom is 0.308 e. The van der Waals surface area contributed by atoms with E-state index in [1.54, 1.807) is 6.20 Å². The zero-order valence-electron chi connectivity index (χ0n) is 19.6. The number of sulfone groups is 1. The van der Waals surface area contributed by atoms with Gasteiger partial charge in [0.1, 0.15) is 27.2 Å². The van der Waals surface area contributed by atoms with Gasteiger partial charge in [-0.25, -0.2) is 18.4 Å². The van der Waals surface area contributed by atoms with E-state index in [2.05, 4.69) is 4.98 Å². The van der Waals surface area contributed by atoms with E-state index in [4.69, 9.17) is 14.5 Å². The smallest absolute Gasteiger partial charge is 0.308 e. The zero-order chi connectivity index (χ0) is 24.1. The Kier molecular flexibility index (Phi) is 7.50. The molecule has 1 saturated carbocycles. The summed E-state index contributed by atoms with van der Waals surface area (Å²) in [5, 5.41) is 0.947. The molecule has 2 aromatic heterocycles. The summed E-state index contributed by atoms with van der Waals surface area (Å²) in [6.07, 6.45) is 9.87. The Bertz CT molecular complexity index is 1250. The number of methoxy groups -OCH3 is 1. The van der Waals surface area contributed by atoms with Crippen molar-refractivity contribution in [2.75, 3.05) is 25.7 Å². The van der Waals surface area contributed by atoms with E-state index in [-0.39, 0.29) is 17.6 Å². The van der Waals surface area contributed by atoms with Gasteiger partial charge in [0.2, 0.25) is 0 Å². The van der Waals surface area contributed by atoms with Crippen LogP contribution in [-0.4, -0.2) is 54.6 Å². The van der Waals surface area contributed by atoms with E-state index in [0.717, 1.165) is 60.4 Å². The maximum atomic E-state index is 11.8.